The SMILES string of the molecule is COc1ccc(-c2cn3cc(Cl)ccc3n2)cc1.[Br-]. The Kier molecular flexibility index (Phi) is 4.12. The van der Waals surface area contributed by atoms with Crippen molar-refractivity contribution in [1.82, 2.24) is 9.38 Å². The third-order valence-electron chi connectivity index (χ3n) is 2.80. The van der Waals surface area contributed by atoms with Crippen molar-refractivity contribution in [2.45, 2.75) is 0 Å². The number of pyridine rings is 1. The maximum Gasteiger partial charge on any atom is 0.137 e. The summed E-state index contributed by atoms with van der Waals surface area (Å²) in [5, 5.41) is 0.696. The van der Waals surface area contributed by atoms with E-state index in [1.807, 2.05) is 53.2 Å². The molecule has 0 bridgehead atoms. The van der Waals surface area contributed by atoms with Gasteiger partial charge in [-0.25, -0.2) is 4.98 Å². The van der Waals surface area contributed by atoms with Crippen LogP contribution in [0.25, 0.3) is 16.9 Å². The highest BCUT2D eigenvalue weighted by Crippen LogP contribution is 2.22. The van der Waals surface area contributed by atoms with E-state index in [0.29, 0.717) is 5.02 Å². The van der Waals surface area contributed by atoms with E-state index in [0.717, 1.165) is 22.7 Å². The fourth-order valence-electron chi connectivity index (χ4n) is 1.87. The zero-order valence-electron chi connectivity index (χ0n) is 10.2. The second-order valence-electron chi connectivity index (χ2n) is 3.97. The Morgan fingerprint density at radius 1 is 1.05 bits per heavy atom. The lowest BCUT2D eigenvalue weighted by molar-refractivity contribution is -0.00000388. The van der Waals surface area contributed by atoms with Gasteiger partial charge >= 0.3 is 0 Å². The average molecular weight is 339 g/mol. The van der Waals surface area contributed by atoms with Gasteiger partial charge in [0.25, 0.3) is 0 Å². The Morgan fingerprint density at radius 3 is 2.47 bits per heavy atom. The minimum Gasteiger partial charge on any atom is -1.00 e. The number of methoxy groups -OCH3 is 1. The average Bonchev–Trinajstić information content (AvgIpc) is 2.81. The molecule has 0 radical (unpaired) electrons. The molecule has 1 aromatic carbocycles. The van der Waals surface area contributed by atoms with Crippen LogP contribution in [0, 0.1) is 0 Å². The molecule has 0 spiro atoms. The van der Waals surface area contributed by atoms with E-state index in [-0.39, 0.29) is 17.0 Å². The van der Waals surface area contributed by atoms with Crippen molar-refractivity contribution < 1.29 is 21.7 Å². The zero-order chi connectivity index (χ0) is 12.5. The molecule has 0 aliphatic carbocycles. The Balaban J connectivity index is 0.00000133. The van der Waals surface area contributed by atoms with Crippen molar-refractivity contribution in [1.29, 1.82) is 0 Å². The molecule has 0 aliphatic rings. The van der Waals surface area contributed by atoms with Crippen LogP contribution in [0.1, 0.15) is 0 Å². The normalized spacial score (nSPS) is 10.2. The lowest BCUT2D eigenvalue weighted by Gasteiger charge is -1.99. The van der Waals surface area contributed by atoms with Gasteiger partial charge in [0.2, 0.25) is 0 Å². The summed E-state index contributed by atoms with van der Waals surface area (Å²) in [5.41, 5.74) is 2.85. The monoisotopic (exact) mass is 337 g/mol. The van der Waals surface area contributed by atoms with Gasteiger partial charge in [-0.3, -0.25) is 0 Å². The van der Waals surface area contributed by atoms with Crippen molar-refractivity contribution in [3.05, 3.63) is 53.8 Å². The summed E-state index contributed by atoms with van der Waals surface area (Å²) in [4.78, 5) is 4.54. The first kappa shape index (κ1) is 13.9. The third-order valence-corrected chi connectivity index (χ3v) is 3.02. The summed E-state index contributed by atoms with van der Waals surface area (Å²) < 4.78 is 7.06. The third kappa shape index (κ3) is 2.74. The summed E-state index contributed by atoms with van der Waals surface area (Å²) in [5.74, 6) is 0.838. The summed E-state index contributed by atoms with van der Waals surface area (Å²) >= 11 is 5.95. The molecule has 5 heteroatoms. The van der Waals surface area contributed by atoms with Crippen LogP contribution < -0.4 is 21.7 Å². The van der Waals surface area contributed by atoms with Crippen molar-refractivity contribution in [2.75, 3.05) is 7.11 Å². The summed E-state index contributed by atoms with van der Waals surface area (Å²) in [7, 11) is 1.65. The Hall–Kier alpha value is -1.52. The second-order valence-corrected chi connectivity index (χ2v) is 4.40. The topological polar surface area (TPSA) is 26.5 Å². The zero-order valence-corrected chi connectivity index (χ0v) is 12.5. The molecule has 3 nitrogen and oxygen atoms in total. The molecule has 0 unspecified atom stereocenters. The highest BCUT2D eigenvalue weighted by Gasteiger charge is 2.04. The van der Waals surface area contributed by atoms with Crippen LogP contribution in [-0.2, 0) is 0 Å². The molecule has 98 valence electrons. The minimum atomic E-state index is 0. The summed E-state index contributed by atoms with van der Waals surface area (Å²) in [6.07, 6.45) is 3.81. The first-order valence-corrected chi connectivity index (χ1v) is 5.93. The lowest BCUT2D eigenvalue weighted by Crippen LogP contribution is -3.00. The molecule has 0 saturated heterocycles. The van der Waals surface area contributed by atoms with Gasteiger partial charge in [0.15, 0.2) is 0 Å². The fourth-order valence-corrected chi connectivity index (χ4v) is 2.03. The number of fused-ring (bicyclic) bond motifs is 1. The predicted octanol–water partition coefficient (Wildman–Crippen LogP) is 0.667. The maximum atomic E-state index is 5.95. The van der Waals surface area contributed by atoms with Crippen LogP contribution in [0.2, 0.25) is 5.02 Å². The largest absolute Gasteiger partial charge is 1.00 e. The second kappa shape index (κ2) is 5.63. The van der Waals surface area contributed by atoms with Crippen molar-refractivity contribution >= 4 is 17.2 Å². The highest BCUT2D eigenvalue weighted by atomic mass is 79.9. The minimum absolute atomic E-state index is 0. The molecule has 19 heavy (non-hydrogen) atoms. The standard InChI is InChI=1S/C14H11ClN2O.BrH/c1-18-12-5-2-10(3-6-12)13-9-17-8-11(15)4-7-14(17)16-13;/h2-9H,1H3;1H/p-1. The molecule has 3 aromatic rings. The molecule has 0 aliphatic heterocycles. The number of nitrogens with zero attached hydrogens (tertiary/aromatic N) is 2. The number of aromatic nitrogens is 2. The van der Waals surface area contributed by atoms with Gasteiger partial charge in [-0.15, -0.1) is 0 Å². The van der Waals surface area contributed by atoms with Crippen molar-refractivity contribution in [2.24, 2.45) is 0 Å². The van der Waals surface area contributed by atoms with Gasteiger partial charge in [0, 0.05) is 18.0 Å². The molecule has 3 rings (SSSR count). The van der Waals surface area contributed by atoms with Crippen LogP contribution in [0.3, 0.4) is 0 Å². The first-order chi connectivity index (χ1) is 8.76. The van der Waals surface area contributed by atoms with Gasteiger partial charge in [-0.1, -0.05) is 11.6 Å². The van der Waals surface area contributed by atoms with Crippen molar-refractivity contribution in [3.8, 4) is 17.0 Å². The molecular weight excluding hydrogens is 328 g/mol. The molecule has 2 heterocycles. The number of ether oxygens (including phenoxy) is 1. The number of hydrogen-bond acceptors (Lipinski definition) is 2. The van der Waals surface area contributed by atoms with Crippen LogP contribution in [0.4, 0.5) is 0 Å². The van der Waals surface area contributed by atoms with Crippen molar-refractivity contribution in [3.63, 3.8) is 0 Å². The molecule has 0 fully saturated rings. The number of halogens is 2. The molecule has 2 aromatic heterocycles. The van der Waals surface area contributed by atoms with Crippen LogP contribution in [0.5, 0.6) is 5.75 Å². The quantitative estimate of drug-likeness (QED) is 0.686. The Bertz CT molecular complexity index is 694. The van der Waals surface area contributed by atoms with E-state index in [1.165, 1.54) is 0 Å². The van der Waals surface area contributed by atoms with E-state index < -0.39 is 0 Å². The van der Waals surface area contributed by atoms with Gasteiger partial charge < -0.3 is 26.1 Å². The molecule has 0 amide bonds. The molecule has 0 atom stereocenters. The van der Waals surface area contributed by atoms with E-state index in [1.54, 1.807) is 7.11 Å². The number of hydrogen-bond donors (Lipinski definition) is 0. The van der Waals surface area contributed by atoms with E-state index in [9.17, 15) is 0 Å². The number of imidazole rings is 1. The van der Waals surface area contributed by atoms with E-state index in [4.69, 9.17) is 16.3 Å². The first-order valence-electron chi connectivity index (χ1n) is 5.55. The fraction of sp³-hybridized carbons (Fsp3) is 0.0714. The van der Waals surface area contributed by atoms with Crippen LogP contribution in [0.15, 0.2) is 48.8 Å². The lowest BCUT2D eigenvalue weighted by atomic mass is 10.2. The molecule has 0 N–H and O–H groups in total. The van der Waals surface area contributed by atoms with E-state index >= 15 is 0 Å². The smallest absolute Gasteiger partial charge is 0.137 e. The van der Waals surface area contributed by atoms with Gasteiger partial charge in [-0.2, -0.15) is 0 Å². The molecular formula is C14H11BrClN2O-. The summed E-state index contributed by atoms with van der Waals surface area (Å²) in [6.45, 7) is 0. The van der Waals surface area contributed by atoms with E-state index in [2.05, 4.69) is 4.98 Å². The maximum absolute atomic E-state index is 5.95. The number of benzene rings is 1. The highest BCUT2D eigenvalue weighted by molar-refractivity contribution is 6.30. The van der Waals surface area contributed by atoms with Gasteiger partial charge in [-0.05, 0) is 36.4 Å². The Labute approximate surface area is 126 Å². The molecule has 0 saturated carbocycles. The predicted molar refractivity (Wildman–Crippen MR) is 72.2 cm³/mol. The van der Waals surface area contributed by atoms with Gasteiger partial charge in [0.05, 0.1) is 17.8 Å². The Morgan fingerprint density at radius 2 is 1.79 bits per heavy atom. The summed E-state index contributed by atoms with van der Waals surface area (Å²) in [6, 6.07) is 11.6. The van der Waals surface area contributed by atoms with Crippen LogP contribution >= 0.6 is 11.6 Å². The van der Waals surface area contributed by atoms with Gasteiger partial charge in [0.1, 0.15) is 11.4 Å². The van der Waals surface area contributed by atoms with Crippen LogP contribution in [-0.4, -0.2) is 16.5 Å². The number of rotatable bonds is 2.